The van der Waals surface area contributed by atoms with Crippen LogP contribution in [0.5, 0.6) is 11.6 Å². The Kier molecular flexibility index (Phi) is 2.77. The minimum atomic E-state index is 0.591. The van der Waals surface area contributed by atoms with Crippen LogP contribution in [0.1, 0.15) is 11.3 Å². The number of benzene rings is 1. The maximum Gasteiger partial charge on any atom is 0.219 e. The Morgan fingerprint density at radius 3 is 2.56 bits per heavy atom. The van der Waals surface area contributed by atoms with E-state index >= 15 is 0 Å². The molecule has 0 saturated carbocycles. The minimum Gasteiger partial charge on any atom is -0.439 e. The molecule has 1 aromatic heterocycles. The average Bonchev–Trinajstić information content (AvgIpc) is 2.25. The molecule has 0 aliphatic rings. The summed E-state index contributed by atoms with van der Waals surface area (Å²) < 4.78 is 5.68. The topological polar surface area (TPSA) is 48.1 Å². The van der Waals surface area contributed by atoms with Gasteiger partial charge in [0.2, 0.25) is 5.88 Å². The van der Waals surface area contributed by atoms with Gasteiger partial charge in [0.25, 0.3) is 0 Å². The first-order valence-electron chi connectivity index (χ1n) is 5.13. The van der Waals surface area contributed by atoms with Crippen molar-refractivity contribution in [3.05, 3.63) is 47.7 Å². The highest BCUT2D eigenvalue weighted by molar-refractivity contribution is 5.53. The van der Waals surface area contributed by atoms with Gasteiger partial charge in [-0.15, -0.1) is 0 Å². The van der Waals surface area contributed by atoms with E-state index in [-0.39, 0.29) is 0 Å². The summed E-state index contributed by atoms with van der Waals surface area (Å²) in [5.41, 5.74) is 8.40. The Balaban J connectivity index is 2.31. The third kappa shape index (κ3) is 2.14. The van der Waals surface area contributed by atoms with Crippen LogP contribution in [-0.2, 0) is 0 Å². The molecule has 1 aromatic carbocycles. The normalized spacial score (nSPS) is 10.1. The lowest BCUT2D eigenvalue weighted by Gasteiger charge is -2.09. The first kappa shape index (κ1) is 10.5. The van der Waals surface area contributed by atoms with E-state index in [0.29, 0.717) is 5.88 Å². The third-order valence-corrected chi connectivity index (χ3v) is 2.40. The monoisotopic (exact) mass is 214 g/mol. The molecule has 0 atom stereocenters. The zero-order chi connectivity index (χ0) is 11.5. The van der Waals surface area contributed by atoms with Gasteiger partial charge in [0.15, 0.2) is 0 Å². The van der Waals surface area contributed by atoms with Crippen molar-refractivity contribution in [2.24, 2.45) is 0 Å². The van der Waals surface area contributed by atoms with E-state index in [4.69, 9.17) is 10.5 Å². The highest BCUT2D eigenvalue weighted by Crippen LogP contribution is 2.27. The van der Waals surface area contributed by atoms with Gasteiger partial charge in [-0.2, -0.15) is 0 Å². The highest BCUT2D eigenvalue weighted by Gasteiger charge is 2.04. The number of rotatable bonds is 2. The number of hydrogen-bond donors (Lipinski definition) is 1. The van der Waals surface area contributed by atoms with Crippen molar-refractivity contribution < 1.29 is 4.74 Å². The second kappa shape index (κ2) is 4.23. The maximum absolute atomic E-state index is 5.80. The van der Waals surface area contributed by atoms with Gasteiger partial charge >= 0.3 is 0 Å². The molecule has 0 spiro atoms. The molecule has 16 heavy (non-hydrogen) atoms. The summed E-state index contributed by atoms with van der Waals surface area (Å²) in [5.74, 6) is 1.34. The van der Waals surface area contributed by atoms with Crippen LogP contribution in [0, 0.1) is 13.8 Å². The number of aryl methyl sites for hydroxylation is 1. The number of nitrogens with two attached hydrogens (primary N) is 1. The summed E-state index contributed by atoms with van der Waals surface area (Å²) in [7, 11) is 0. The molecule has 0 radical (unpaired) electrons. The molecule has 82 valence electrons. The quantitative estimate of drug-likeness (QED) is 0.781. The molecule has 2 rings (SSSR count). The number of pyridine rings is 1. The Bertz CT molecular complexity index is 509. The summed E-state index contributed by atoms with van der Waals surface area (Å²) in [6, 6.07) is 11.3. The van der Waals surface area contributed by atoms with Crippen molar-refractivity contribution in [3.63, 3.8) is 0 Å². The number of hydrogen-bond acceptors (Lipinski definition) is 3. The number of nitrogen functional groups attached to an aromatic ring is 1. The van der Waals surface area contributed by atoms with Gasteiger partial charge in [-0.25, -0.2) is 4.98 Å². The molecule has 0 aliphatic carbocycles. The molecule has 0 fully saturated rings. The van der Waals surface area contributed by atoms with Crippen molar-refractivity contribution in [3.8, 4) is 11.6 Å². The van der Waals surface area contributed by atoms with Crippen LogP contribution in [0.4, 0.5) is 5.69 Å². The fourth-order valence-electron chi connectivity index (χ4n) is 1.43. The first-order valence-corrected chi connectivity index (χ1v) is 5.13. The van der Waals surface area contributed by atoms with Crippen LogP contribution < -0.4 is 10.5 Å². The van der Waals surface area contributed by atoms with Crippen LogP contribution in [0.25, 0.3) is 0 Å². The second-order valence-electron chi connectivity index (χ2n) is 3.69. The van der Waals surface area contributed by atoms with Crippen LogP contribution in [0.3, 0.4) is 0 Å². The van der Waals surface area contributed by atoms with Crippen molar-refractivity contribution in [1.29, 1.82) is 0 Å². The Morgan fingerprint density at radius 1 is 1.06 bits per heavy atom. The Labute approximate surface area is 94.9 Å². The first-order chi connectivity index (χ1) is 7.66. The lowest BCUT2D eigenvalue weighted by Crippen LogP contribution is -1.95. The summed E-state index contributed by atoms with van der Waals surface area (Å²) >= 11 is 0. The van der Waals surface area contributed by atoms with Gasteiger partial charge in [-0.05, 0) is 32.0 Å². The van der Waals surface area contributed by atoms with E-state index in [2.05, 4.69) is 4.98 Å². The second-order valence-corrected chi connectivity index (χ2v) is 3.69. The van der Waals surface area contributed by atoms with Gasteiger partial charge in [-0.1, -0.05) is 12.1 Å². The van der Waals surface area contributed by atoms with E-state index in [1.165, 1.54) is 0 Å². The number of anilines is 1. The van der Waals surface area contributed by atoms with Crippen molar-refractivity contribution in [2.45, 2.75) is 13.8 Å². The molecule has 0 bridgehead atoms. The van der Waals surface area contributed by atoms with Crippen LogP contribution in [0.15, 0.2) is 36.4 Å². The van der Waals surface area contributed by atoms with Crippen LogP contribution in [-0.4, -0.2) is 4.98 Å². The average molecular weight is 214 g/mol. The van der Waals surface area contributed by atoms with Gasteiger partial charge < -0.3 is 10.5 Å². The van der Waals surface area contributed by atoms with Gasteiger partial charge in [0.05, 0.1) is 0 Å². The summed E-state index contributed by atoms with van der Waals surface area (Å²) in [6.07, 6.45) is 0. The van der Waals surface area contributed by atoms with Gasteiger partial charge in [0, 0.05) is 23.0 Å². The van der Waals surface area contributed by atoms with E-state index in [9.17, 15) is 0 Å². The number of aromatic nitrogens is 1. The molecule has 1 heterocycles. The summed E-state index contributed by atoms with van der Waals surface area (Å²) in [5, 5.41) is 0. The SMILES string of the molecule is Cc1cccc(Oc2cccc(N)c2C)n1. The summed E-state index contributed by atoms with van der Waals surface area (Å²) in [6.45, 7) is 3.86. The number of nitrogens with zero attached hydrogens (tertiary/aromatic N) is 1. The Morgan fingerprint density at radius 2 is 1.81 bits per heavy atom. The molecule has 0 aliphatic heterocycles. The van der Waals surface area contributed by atoms with Crippen molar-refractivity contribution >= 4 is 5.69 Å². The fraction of sp³-hybridized carbons (Fsp3) is 0.154. The predicted octanol–water partition coefficient (Wildman–Crippen LogP) is 3.07. The van der Waals surface area contributed by atoms with Crippen molar-refractivity contribution in [1.82, 2.24) is 4.98 Å². The molecule has 0 amide bonds. The van der Waals surface area contributed by atoms with Gasteiger partial charge in [-0.3, -0.25) is 0 Å². The molecule has 3 heteroatoms. The highest BCUT2D eigenvalue weighted by atomic mass is 16.5. The van der Waals surface area contributed by atoms with Crippen LogP contribution in [0.2, 0.25) is 0 Å². The number of ether oxygens (including phenoxy) is 1. The zero-order valence-corrected chi connectivity index (χ0v) is 9.40. The molecule has 0 saturated heterocycles. The lowest BCUT2D eigenvalue weighted by molar-refractivity contribution is 0.458. The Hall–Kier alpha value is -2.03. The molecule has 2 aromatic rings. The predicted molar refractivity (Wildman–Crippen MR) is 64.6 cm³/mol. The molecule has 0 unspecified atom stereocenters. The van der Waals surface area contributed by atoms with Crippen LogP contribution >= 0.6 is 0 Å². The largest absolute Gasteiger partial charge is 0.439 e. The van der Waals surface area contributed by atoms with E-state index in [1.54, 1.807) is 0 Å². The molecular formula is C13H14N2O. The van der Waals surface area contributed by atoms with Gasteiger partial charge in [0.1, 0.15) is 5.75 Å². The van der Waals surface area contributed by atoms with E-state index < -0.39 is 0 Å². The maximum atomic E-state index is 5.80. The zero-order valence-electron chi connectivity index (χ0n) is 9.40. The minimum absolute atomic E-state index is 0.591. The fourth-order valence-corrected chi connectivity index (χ4v) is 1.43. The lowest BCUT2D eigenvalue weighted by atomic mass is 10.2. The molecule has 2 N–H and O–H groups in total. The van der Waals surface area contributed by atoms with E-state index in [0.717, 1.165) is 22.7 Å². The summed E-state index contributed by atoms with van der Waals surface area (Å²) in [4.78, 5) is 4.28. The van der Waals surface area contributed by atoms with E-state index in [1.807, 2.05) is 50.2 Å². The molecular weight excluding hydrogens is 200 g/mol. The molecule has 3 nitrogen and oxygen atoms in total. The standard InChI is InChI=1S/C13H14N2O/c1-9-5-3-8-13(15-9)16-12-7-4-6-11(14)10(12)2/h3-8H,14H2,1-2H3. The third-order valence-electron chi connectivity index (χ3n) is 2.40. The smallest absolute Gasteiger partial charge is 0.219 e. The van der Waals surface area contributed by atoms with Crippen molar-refractivity contribution in [2.75, 3.05) is 5.73 Å².